The summed E-state index contributed by atoms with van der Waals surface area (Å²) >= 11 is 5.62. The summed E-state index contributed by atoms with van der Waals surface area (Å²) in [5.41, 5.74) is 7.02. The molecule has 13 heavy (non-hydrogen) atoms. The lowest BCUT2D eigenvalue weighted by Gasteiger charge is -2.06. The van der Waals surface area contributed by atoms with Gasteiger partial charge < -0.3 is 5.73 Å². The van der Waals surface area contributed by atoms with E-state index in [4.69, 9.17) is 17.3 Å². The van der Waals surface area contributed by atoms with E-state index < -0.39 is 0 Å². The molecule has 3 nitrogen and oxygen atoms in total. The number of aromatic nitrogens is 2. The first-order valence-electron chi connectivity index (χ1n) is 4.45. The summed E-state index contributed by atoms with van der Waals surface area (Å²) in [5.74, 6) is 0. The Kier molecular flexibility index (Phi) is 2.22. The van der Waals surface area contributed by atoms with Gasteiger partial charge in [0.1, 0.15) is 0 Å². The van der Waals surface area contributed by atoms with E-state index in [-0.39, 0.29) is 5.54 Å². The van der Waals surface area contributed by atoms with Gasteiger partial charge >= 0.3 is 0 Å². The van der Waals surface area contributed by atoms with E-state index in [1.165, 1.54) is 0 Å². The molecule has 0 atom stereocenters. The third-order valence-corrected chi connectivity index (χ3v) is 2.66. The van der Waals surface area contributed by atoms with Gasteiger partial charge in [-0.1, -0.05) is 11.6 Å². The molecule has 0 amide bonds. The quantitative estimate of drug-likeness (QED) is 0.800. The molecular weight excluding hydrogens is 186 g/mol. The Morgan fingerprint density at radius 2 is 2.15 bits per heavy atom. The van der Waals surface area contributed by atoms with E-state index in [0.29, 0.717) is 5.15 Å². The van der Waals surface area contributed by atoms with E-state index >= 15 is 0 Å². The largest absolute Gasteiger partial charge is 0.325 e. The monoisotopic (exact) mass is 197 g/mol. The molecule has 1 aromatic rings. The van der Waals surface area contributed by atoms with Crippen LogP contribution in [0.15, 0.2) is 12.1 Å². The van der Waals surface area contributed by atoms with E-state index in [1.807, 2.05) is 6.07 Å². The zero-order chi connectivity index (χ0) is 9.31. The molecule has 0 saturated heterocycles. The van der Waals surface area contributed by atoms with E-state index in [2.05, 4.69) is 10.2 Å². The maximum atomic E-state index is 5.95. The predicted octanol–water partition coefficient (Wildman–Crippen LogP) is 1.55. The maximum absolute atomic E-state index is 5.95. The van der Waals surface area contributed by atoms with E-state index in [9.17, 15) is 0 Å². The molecule has 4 heteroatoms. The van der Waals surface area contributed by atoms with Crippen LogP contribution in [0, 0.1) is 0 Å². The zero-order valence-electron chi connectivity index (χ0n) is 7.33. The molecule has 1 aliphatic rings. The summed E-state index contributed by atoms with van der Waals surface area (Å²) in [6.45, 7) is 0. The summed E-state index contributed by atoms with van der Waals surface area (Å²) < 4.78 is 0. The molecule has 1 aliphatic carbocycles. The Morgan fingerprint density at radius 3 is 2.69 bits per heavy atom. The van der Waals surface area contributed by atoms with Gasteiger partial charge in [-0.25, -0.2) is 0 Å². The molecule has 0 aromatic carbocycles. The number of hydrogen-bond donors (Lipinski definition) is 1. The van der Waals surface area contributed by atoms with E-state index in [0.717, 1.165) is 31.4 Å². The zero-order valence-corrected chi connectivity index (χ0v) is 8.09. The molecular formula is C9H12ClN3. The minimum absolute atomic E-state index is 0.0985. The van der Waals surface area contributed by atoms with Crippen molar-refractivity contribution in [2.45, 2.75) is 31.2 Å². The highest BCUT2D eigenvalue weighted by atomic mass is 35.5. The highest BCUT2D eigenvalue weighted by molar-refractivity contribution is 6.29. The topological polar surface area (TPSA) is 51.8 Å². The lowest BCUT2D eigenvalue weighted by atomic mass is 10.1. The number of rotatable bonds is 3. The fraction of sp³-hybridized carbons (Fsp3) is 0.556. The van der Waals surface area contributed by atoms with Crippen LogP contribution in [-0.2, 0) is 6.42 Å². The van der Waals surface area contributed by atoms with Crippen LogP contribution in [0.4, 0.5) is 0 Å². The molecule has 70 valence electrons. The predicted molar refractivity (Wildman–Crippen MR) is 51.5 cm³/mol. The Bertz CT molecular complexity index is 292. The lowest BCUT2D eigenvalue weighted by Crippen LogP contribution is -2.22. The Hall–Kier alpha value is -0.670. The lowest BCUT2D eigenvalue weighted by molar-refractivity contribution is 0.600. The van der Waals surface area contributed by atoms with Gasteiger partial charge in [0.2, 0.25) is 0 Å². The van der Waals surface area contributed by atoms with Crippen molar-refractivity contribution in [3.05, 3.63) is 23.0 Å². The molecule has 0 bridgehead atoms. The molecule has 0 spiro atoms. The summed E-state index contributed by atoms with van der Waals surface area (Å²) in [4.78, 5) is 0. The van der Waals surface area contributed by atoms with Crippen molar-refractivity contribution in [2.24, 2.45) is 5.73 Å². The third-order valence-electron chi connectivity index (χ3n) is 2.46. The van der Waals surface area contributed by atoms with Crippen LogP contribution >= 0.6 is 11.6 Å². The second-order valence-electron chi connectivity index (χ2n) is 3.71. The van der Waals surface area contributed by atoms with Gasteiger partial charge in [0.15, 0.2) is 5.15 Å². The normalized spacial score (nSPS) is 18.6. The van der Waals surface area contributed by atoms with Crippen LogP contribution in [0.1, 0.15) is 25.0 Å². The smallest absolute Gasteiger partial charge is 0.151 e. The molecule has 0 unspecified atom stereocenters. The van der Waals surface area contributed by atoms with Gasteiger partial charge in [0.25, 0.3) is 0 Å². The molecule has 1 heterocycles. The number of aryl methyl sites for hydroxylation is 1. The Labute approximate surface area is 82.3 Å². The first-order valence-corrected chi connectivity index (χ1v) is 4.83. The number of hydrogen-bond acceptors (Lipinski definition) is 3. The second kappa shape index (κ2) is 3.24. The summed E-state index contributed by atoms with van der Waals surface area (Å²) in [7, 11) is 0. The van der Waals surface area contributed by atoms with Crippen LogP contribution in [0.5, 0.6) is 0 Å². The minimum Gasteiger partial charge on any atom is -0.325 e. The van der Waals surface area contributed by atoms with E-state index in [1.54, 1.807) is 6.07 Å². The van der Waals surface area contributed by atoms with Gasteiger partial charge in [0, 0.05) is 5.54 Å². The summed E-state index contributed by atoms with van der Waals surface area (Å²) in [6.07, 6.45) is 4.20. The Balaban J connectivity index is 1.91. The maximum Gasteiger partial charge on any atom is 0.151 e. The highest BCUT2D eigenvalue weighted by Crippen LogP contribution is 2.36. The SMILES string of the molecule is NC1(CCc2ccc(Cl)nn2)CC1. The molecule has 0 aliphatic heterocycles. The van der Waals surface area contributed by atoms with Crippen molar-refractivity contribution in [3.8, 4) is 0 Å². The van der Waals surface area contributed by atoms with Gasteiger partial charge in [-0.05, 0) is 37.8 Å². The second-order valence-corrected chi connectivity index (χ2v) is 4.10. The van der Waals surface area contributed by atoms with Gasteiger partial charge in [-0.3, -0.25) is 0 Å². The fourth-order valence-electron chi connectivity index (χ4n) is 1.26. The fourth-order valence-corrected chi connectivity index (χ4v) is 1.37. The molecule has 0 radical (unpaired) electrons. The highest BCUT2D eigenvalue weighted by Gasteiger charge is 2.37. The Morgan fingerprint density at radius 1 is 1.38 bits per heavy atom. The van der Waals surface area contributed by atoms with Gasteiger partial charge in [0.05, 0.1) is 5.69 Å². The number of nitrogens with two attached hydrogens (primary N) is 1. The molecule has 1 saturated carbocycles. The first kappa shape index (κ1) is 8.91. The van der Waals surface area contributed by atoms with Crippen molar-refractivity contribution in [3.63, 3.8) is 0 Å². The van der Waals surface area contributed by atoms with Crippen molar-refractivity contribution in [1.82, 2.24) is 10.2 Å². The summed E-state index contributed by atoms with van der Waals surface area (Å²) in [5, 5.41) is 8.19. The van der Waals surface area contributed by atoms with Crippen LogP contribution in [0.25, 0.3) is 0 Å². The van der Waals surface area contributed by atoms with Crippen LogP contribution in [0.2, 0.25) is 5.15 Å². The standard InChI is InChI=1S/C9H12ClN3/c10-8-2-1-7(12-13-8)3-4-9(11)5-6-9/h1-2H,3-6,11H2. The van der Waals surface area contributed by atoms with Crippen molar-refractivity contribution in [2.75, 3.05) is 0 Å². The van der Waals surface area contributed by atoms with Gasteiger partial charge in [-0.15, -0.1) is 5.10 Å². The molecule has 1 fully saturated rings. The van der Waals surface area contributed by atoms with Crippen LogP contribution in [-0.4, -0.2) is 15.7 Å². The van der Waals surface area contributed by atoms with Crippen molar-refractivity contribution >= 4 is 11.6 Å². The average Bonchev–Trinajstić information content (AvgIpc) is 2.84. The molecule has 2 N–H and O–H groups in total. The molecule has 1 aromatic heterocycles. The average molecular weight is 198 g/mol. The third kappa shape index (κ3) is 2.39. The number of halogens is 1. The minimum atomic E-state index is 0.0985. The summed E-state index contributed by atoms with van der Waals surface area (Å²) in [6, 6.07) is 3.67. The molecule has 2 rings (SSSR count). The van der Waals surface area contributed by atoms with Crippen molar-refractivity contribution < 1.29 is 0 Å². The van der Waals surface area contributed by atoms with Gasteiger partial charge in [-0.2, -0.15) is 5.10 Å². The van der Waals surface area contributed by atoms with Crippen molar-refractivity contribution in [1.29, 1.82) is 0 Å². The first-order chi connectivity index (χ1) is 6.18. The van der Waals surface area contributed by atoms with Crippen LogP contribution < -0.4 is 5.73 Å². The van der Waals surface area contributed by atoms with Crippen LogP contribution in [0.3, 0.4) is 0 Å². The number of nitrogens with zero attached hydrogens (tertiary/aromatic N) is 2.